The van der Waals surface area contributed by atoms with E-state index in [9.17, 15) is 0 Å². The van der Waals surface area contributed by atoms with Crippen molar-refractivity contribution in [3.8, 4) is 0 Å². The Kier molecular flexibility index (Phi) is 6.13. The Balaban J connectivity index is 2.06. The fourth-order valence-electron chi connectivity index (χ4n) is 2.36. The van der Waals surface area contributed by atoms with Crippen LogP contribution in [0.5, 0.6) is 0 Å². The number of unbranched alkanes of at least 4 members (excludes halogenated alkanes) is 1. The smallest absolute Gasteiger partial charge is 0.137 e. The predicted octanol–water partition coefficient (Wildman–Crippen LogP) is 2.73. The second-order valence-corrected chi connectivity index (χ2v) is 5.26. The molecule has 0 saturated carbocycles. The molecule has 0 bridgehead atoms. The summed E-state index contributed by atoms with van der Waals surface area (Å²) in [6.45, 7) is 7.84. The molecule has 21 heavy (non-hydrogen) atoms. The molecule has 0 radical (unpaired) electrons. The lowest BCUT2D eigenvalue weighted by molar-refractivity contribution is -0.761. The van der Waals surface area contributed by atoms with E-state index < -0.39 is 0 Å². The minimum Gasteiger partial charge on any atom is -0.137 e. The van der Waals surface area contributed by atoms with Crippen molar-refractivity contribution in [1.82, 2.24) is 15.1 Å². The zero-order chi connectivity index (χ0) is 14.9. The van der Waals surface area contributed by atoms with Crippen LogP contribution in [0.15, 0.2) is 43.0 Å². The van der Waals surface area contributed by atoms with Crippen molar-refractivity contribution in [3.63, 3.8) is 0 Å². The second-order valence-electron chi connectivity index (χ2n) is 5.26. The van der Waals surface area contributed by atoms with Crippen molar-refractivity contribution in [2.75, 3.05) is 0 Å². The maximum absolute atomic E-state index is 4.33. The first-order valence-corrected chi connectivity index (χ1v) is 7.82. The lowest BCUT2D eigenvalue weighted by Gasteiger charge is -2.01. The quantitative estimate of drug-likeness (QED) is 0.524. The van der Waals surface area contributed by atoms with Crippen molar-refractivity contribution in [2.24, 2.45) is 0 Å². The molecule has 0 aliphatic heterocycles. The molecule has 1 aromatic heterocycles. The molecular weight excluding hydrogens is 260 g/mol. The number of hydrogen-bond acceptors (Lipinski definition) is 2. The summed E-state index contributed by atoms with van der Waals surface area (Å²) in [6, 6.07) is 10.5. The molecule has 0 amide bonds. The monoisotopic (exact) mass is 285 g/mol. The maximum atomic E-state index is 4.33. The fourth-order valence-corrected chi connectivity index (χ4v) is 2.36. The number of allylic oxidation sites excluding steroid dienone is 1. The number of rotatable bonds is 9. The van der Waals surface area contributed by atoms with Crippen LogP contribution in [-0.4, -0.2) is 15.1 Å². The van der Waals surface area contributed by atoms with Crippen molar-refractivity contribution in [2.45, 2.75) is 52.1 Å². The molecule has 0 aliphatic carbocycles. The van der Waals surface area contributed by atoms with Crippen LogP contribution in [0.4, 0.5) is 0 Å². The Morgan fingerprint density at radius 3 is 2.76 bits per heavy atom. The Bertz CT molecular complexity index is 545. The molecule has 2 aromatic rings. The standard InChI is InChI=1S/C17H25N4/c1-3-5-12-17-20(14-6-4-2)18-19-21(17)15-13-16-10-8-7-9-11-16/h3,7-11H,1,4-6,12-15H2,2H3/q+1. The fraction of sp³-hybridized carbons (Fsp3) is 0.471. The lowest BCUT2D eigenvalue weighted by atomic mass is 10.1. The van der Waals surface area contributed by atoms with Gasteiger partial charge in [0.2, 0.25) is 0 Å². The van der Waals surface area contributed by atoms with Gasteiger partial charge in [-0.15, -0.1) is 11.3 Å². The number of benzene rings is 1. The van der Waals surface area contributed by atoms with Crippen molar-refractivity contribution < 1.29 is 4.68 Å². The predicted molar refractivity (Wildman–Crippen MR) is 83.8 cm³/mol. The SMILES string of the molecule is C=CCCc1n(CCc2ccccc2)nn[n+]1CCCC. The summed E-state index contributed by atoms with van der Waals surface area (Å²) in [7, 11) is 0. The highest BCUT2D eigenvalue weighted by Gasteiger charge is 2.19. The van der Waals surface area contributed by atoms with E-state index >= 15 is 0 Å². The Morgan fingerprint density at radius 2 is 2.05 bits per heavy atom. The summed E-state index contributed by atoms with van der Waals surface area (Å²) < 4.78 is 4.10. The molecule has 0 fully saturated rings. The third kappa shape index (κ3) is 4.52. The third-order valence-corrected chi connectivity index (χ3v) is 3.60. The topological polar surface area (TPSA) is 34.6 Å². The first-order chi connectivity index (χ1) is 10.3. The van der Waals surface area contributed by atoms with Crippen LogP contribution >= 0.6 is 0 Å². The highest BCUT2D eigenvalue weighted by molar-refractivity contribution is 5.14. The summed E-state index contributed by atoms with van der Waals surface area (Å²) in [4.78, 5) is 0. The highest BCUT2D eigenvalue weighted by atomic mass is 15.6. The average Bonchev–Trinajstić information content (AvgIpc) is 2.91. The normalized spacial score (nSPS) is 10.7. The van der Waals surface area contributed by atoms with E-state index in [-0.39, 0.29) is 0 Å². The minimum atomic E-state index is 0.878. The average molecular weight is 285 g/mol. The van der Waals surface area contributed by atoms with Gasteiger partial charge in [-0.1, -0.05) is 54.4 Å². The summed E-state index contributed by atoms with van der Waals surface area (Å²) in [6.07, 6.45) is 7.17. The highest BCUT2D eigenvalue weighted by Crippen LogP contribution is 2.04. The van der Waals surface area contributed by atoms with Crippen LogP contribution in [-0.2, 0) is 25.9 Å². The Labute approximate surface area is 127 Å². The van der Waals surface area contributed by atoms with Crippen molar-refractivity contribution in [3.05, 3.63) is 54.4 Å². The summed E-state index contributed by atoms with van der Waals surface area (Å²) >= 11 is 0. The van der Waals surface area contributed by atoms with Crippen molar-refractivity contribution >= 4 is 0 Å². The molecule has 0 N–H and O–H groups in total. The van der Waals surface area contributed by atoms with Crippen LogP contribution in [0, 0.1) is 0 Å². The van der Waals surface area contributed by atoms with Crippen LogP contribution in [0.25, 0.3) is 0 Å². The molecular formula is C17H25N4+. The van der Waals surface area contributed by atoms with Gasteiger partial charge in [-0.05, 0) is 18.4 Å². The number of hydrogen-bond donors (Lipinski definition) is 0. The van der Waals surface area contributed by atoms with E-state index in [2.05, 4.69) is 52.9 Å². The van der Waals surface area contributed by atoms with Gasteiger partial charge in [0.15, 0.2) is 5.21 Å². The molecule has 1 aromatic carbocycles. The summed E-state index contributed by atoms with van der Waals surface area (Å²) in [5, 5.41) is 8.65. The Morgan fingerprint density at radius 1 is 1.24 bits per heavy atom. The summed E-state index contributed by atoms with van der Waals surface area (Å²) in [5.74, 6) is 1.21. The number of aromatic nitrogens is 4. The maximum Gasteiger partial charge on any atom is 0.257 e. The van der Waals surface area contributed by atoms with Gasteiger partial charge >= 0.3 is 0 Å². The van der Waals surface area contributed by atoms with E-state index in [4.69, 9.17) is 0 Å². The molecule has 2 rings (SSSR count). The molecule has 112 valence electrons. The number of tetrazole rings is 1. The lowest BCUT2D eigenvalue weighted by Crippen LogP contribution is -2.40. The Hall–Kier alpha value is -1.97. The molecule has 0 atom stereocenters. The van der Waals surface area contributed by atoms with E-state index in [1.54, 1.807) is 0 Å². The van der Waals surface area contributed by atoms with Gasteiger partial charge < -0.3 is 0 Å². The van der Waals surface area contributed by atoms with Gasteiger partial charge in [-0.25, -0.2) is 0 Å². The van der Waals surface area contributed by atoms with E-state index in [1.807, 2.05) is 16.8 Å². The number of nitrogens with zero attached hydrogens (tertiary/aromatic N) is 4. The van der Waals surface area contributed by atoms with Crippen LogP contribution < -0.4 is 4.68 Å². The van der Waals surface area contributed by atoms with E-state index in [0.717, 1.165) is 38.8 Å². The second kappa shape index (κ2) is 8.35. The van der Waals surface area contributed by atoms with Crippen LogP contribution in [0.3, 0.4) is 0 Å². The van der Waals surface area contributed by atoms with E-state index in [1.165, 1.54) is 17.8 Å². The third-order valence-electron chi connectivity index (χ3n) is 3.60. The molecule has 4 nitrogen and oxygen atoms in total. The molecule has 0 spiro atoms. The van der Waals surface area contributed by atoms with E-state index in [0.29, 0.717) is 0 Å². The molecule has 0 saturated heterocycles. The van der Waals surface area contributed by atoms with Gasteiger partial charge in [0.25, 0.3) is 5.82 Å². The van der Waals surface area contributed by atoms with Crippen molar-refractivity contribution in [1.29, 1.82) is 0 Å². The molecule has 0 unspecified atom stereocenters. The number of aryl methyl sites for hydroxylation is 3. The van der Waals surface area contributed by atoms with Gasteiger partial charge in [0.05, 0.1) is 6.54 Å². The van der Waals surface area contributed by atoms with Gasteiger partial charge in [-0.2, -0.15) is 0 Å². The zero-order valence-corrected chi connectivity index (χ0v) is 12.9. The molecule has 0 aliphatic rings. The molecule has 1 heterocycles. The largest absolute Gasteiger partial charge is 0.257 e. The minimum absolute atomic E-state index is 0.878. The van der Waals surface area contributed by atoms with Crippen LogP contribution in [0.1, 0.15) is 37.6 Å². The zero-order valence-electron chi connectivity index (χ0n) is 12.9. The first-order valence-electron chi connectivity index (χ1n) is 7.82. The molecule has 4 heteroatoms. The van der Waals surface area contributed by atoms with Gasteiger partial charge in [-0.3, -0.25) is 0 Å². The van der Waals surface area contributed by atoms with Crippen LogP contribution in [0.2, 0.25) is 0 Å². The first kappa shape index (κ1) is 15.4. The summed E-state index contributed by atoms with van der Waals surface area (Å²) in [5.41, 5.74) is 1.34. The van der Waals surface area contributed by atoms with Gasteiger partial charge in [0, 0.05) is 12.8 Å². The van der Waals surface area contributed by atoms with Gasteiger partial charge in [0.1, 0.15) is 11.8 Å².